The fourth-order valence-electron chi connectivity index (χ4n) is 3.93. The molecule has 0 saturated carbocycles. The molecule has 1 aliphatic rings. The molecule has 0 bridgehead atoms. The van der Waals surface area contributed by atoms with Gasteiger partial charge in [-0.05, 0) is 46.7 Å². The summed E-state index contributed by atoms with van der Waals surface area (Å²) in [4.78, 5) is 11.2. The molecule has 0 aromatic heterocycles. The second kappa shape index (κ2) is 10.4. The lowest BCUT2D eigenvalue weighted by Gasteiger charge is -2.22. The van der Waals surface area contributed by atoms with Gasteiger partial charge in [-0.3, -0.25) is 0 Å². The number of aliphatic hydroxyl groups is 1. The molecule has 0 amide bonds. The van der Waals surface area contributed by atoms with Crippen LogP contribution in [0.15, 0.2) is 66.8 Å². The van der Waals surface area contributed by atoms with Crippen molar-refractivity contribution >= 4 is 11.5 Å². The third kappa shape index (κ3) is 5.48. The van der Waals surface area contributed by atoms with E-state index in [4.69, 9.17) is 0 Å². The Kier molecular flexibility index (Phi) is 7.64. The highest BCUT2D eigenvalue weighted by molar-refractivity contribution is 5.89. The predicted octanol–water partition coefficient (Wildman–Crippen LogP) is 6.42. The molecule has 3 nitrogen and oxygen atoms in total. The molecule has 0 spiro atoms. The van der Waals surface area contributed by atoms with Crippen LogP contribution >= 0.6 is 0 Å². The van der Waals surface area contributed by atoms with E-state index in [9.17, 15) is 15.0 Å². The zero-order valence-electron chi connectivity index (χ0n) is 17.8. The summed E-state index contributed by atoms with van der Waals surface area (Å²) in [6.45, 7) is 2.25. The summed E-state index contributed by atoms with van der Waals surface area (Å²) in [5.41, 5.74) is 3.80. The summed E-state index contributed by atoms with van der Waals surface area (Å²) in [7, 11) is 0. The zero-order chi connectivity index (χ0) is 21.4. The molecule has 2 aromatic carbocycles. The number of unbranched alkanes of at least 4 members (excludes halogenated alkanes) is 5. The maximum Gasteiger partial charge on any atom is 0.340 e. The first-order valence-corrected chi connectivity index (χ1v) is 11.1. The number of allylic oxidation sites excluding steroid dienone is 2. The van der Waals surface area contributed by atoms with E-state index in [1.54, 1.807) is 12.2 Å². The normalized spacial score (nSPS) is 18.3. The van der Waals surface area contributed by atoms with E-state index < -0.39 is 11.6 Å². The zero-order valence-corrected chi connectivity index (χ0v) is 17.8. The molecule has 0 heterocycles. The van der Waals surface area contributed by atoms with Crippen LogP contribution in [0.5, 0.6) is 0 Å². The Hall–Kier alpha value is -2.65. The molecule has 1 atom stereocenters. The molecule has 2 aromatic rings. The number of carboxylic acid groups (broad SMARTS) is 1. The van der Waals surface area contributed by atoms with Gasteiger partial charge in [0.15, 0.2) is 5.60 Å². The predicted molar refractivity (Wildman–Crippen MR) is 123 cm³/mol. The maximum absolute atomic E-state index is 11.2. The number of carboxylic acids is 1. The Morgan fingerprint density at radius 2 is 1.60 bits per heavy atom. The molecule has 3 rings (SSSR count). The summed E-state index contributed by atoms with van der Waals surface area (Å²) >= 11 is 0. The number of hydrogen-bond donors (Lipinski definition) is 2. The van der Waals surface area contributed by atoms with Gasteiger partial charge in [0, 0.05) is 6.42 Å². The lowest BCUT2D eigenvalue weighted by atomic mass is 9.86. The van der Waals surface area contributed by atoms with Crippen molar-refractivity contribution in [3.63, 3.8) is 0 Å². The van der Waals surface area contributed by atoms with Crippen molar-refractivity contribution in [2.24, 2.45) is 0 Å². The van der Waals surface area contributed by atoms with Crippen LogP contribution in [-0.2, 0) is 11.2 Å². The van der Waals surface area contributed by atoms with E-state index in [2.05, 4.69) is 37.3 Å². The maximum atomic E-state index is 11.2. The SMILES string of the molecule is CCCCCCCCc1ccc(-c2ccccc2C2=CCC(O)(C(=O)O)C=C2)cc1. The first-order valence-electron chi connectivity index (χ1n) is 11.1. The summed E-state index contributed by atoms with van der Waals surface area (Å²) < 4.78 is 0. The smallest absolute Gasteiger partial charge is 0.340 e. The van der Waals surface area contributed by atoms with Gasteiger partial charge in [-0.25, -0.2) is 4.79 Å². The van der Waals surface area contributed by atoms with Crippen LogP contribution in [-0.4, -0.2) is 21.8 Å². The number of benzene rings is 2. The quantitative estimate of drug-likeness (QED) is 0.450. The standard InChI is InChI=1S/C27H32O3/c1-2-3-4-5-6-7-10-21-13-15-22(16-14-21)24-11-8-9-12-25(24)23-17-19-27(30,20-18-23)26(28)29/h8-9,11-19,30H,2-7,10,20H2,1H3,(H,28,29). The molecule has 1 aliphatic carbocycles. The number of aryl methyl sites for hydroxylation is 1. The number of aliphatic carboxylic acids is 1. The Morgan fingerprint density at radius 1 is 0.933 bits per heavy atom. The average molecular weight is 405 g/mol. The monoisotopic (exact) mass is 404 g/mol. The topological polar surface area (TPSA) is 57.5 Å². The Labute approximate surface area is 179 Å². The number of hydrogen-bond acceptors (Lipinski definition) is 2. The van der Waals surface area contributed by atoms with Crippen LogP contribution in [0.1, 0.15) is 63.0 Å². The minimum absolute atomic E-state index is 0.0691. The summed E-state index contributed by atoms with van der Waals surface area (Å²) in [6.07, 6.45) is 13.9. The highest BCUT2D eigenvalue weighted by atomic mass is 16.4. The molecular weight excluding hydrogens is 372 g/mol. The lowest BCUT2D eigenvalue weighted by Crippen LogP contribution is -2.36. The first kappa shape index (κ1) is 22.0. The van der Waals surface area contributed by atoms with E-state index >= 15 is 0 Å². The Balaban J connectivity index is 1.68. The molecule has 30 heavy (non-hydrogen) atoms. The Bertz CT molecular complexity index is 908. The van der Waals surface area contributed by atoms with Gasteiger partial charge >= 0.3 is 5.97 Å². The van der Waals surface area contributed by atoms with Crippen molar-refractivity contribution in [1.29, 1.82) is 0 Å². The number of rotatable bonds is 10. The van der Waals surface area contributed by atoms with E-state index in [1.165, 1.54) is 50.2 Å². The average Bonchev–Trinajstić information content (AvgIpc) is 2.77. The molecule has 158 valence electrons. The van der Waals surface area contributed by atoms with E-state index in [1.807, 2.05) is 18.2 Å². The van der Waals surface area contributed by atoms with Gasteiger partial charge in [0.25, 0.3) is 0 Å². The van der Waals surface area contributed by atoms with Crippen molar-refractivity contribution in [2.75, 3.05) is 0 Å². The van der Waals surface area contributed by atoms with Crippen LogP contribution in [0, 0.1) is 0 Å². The van der Waals surface area contributed by atoms with Gasteiger partial charge in [-0.2, -0.15) is 0 Å². The minimum atomic E-state index is -1.81. The molecule has 0 fully saturated rings. The fraction of sp³-hybridized carbons (Fsp3) is 0.370. The van der Waals surface area contributed by atoms with E-state index in [0.29, 0.717) is 0 Å². The van der Waals surface area contributed by atoms with Crippen molar-refractivity contribution in [3.8, 4) is 11.1 Å². The number of carbonyl (C=O) groups is 1. The third-order valence-electron chi connectivity index (χ3n) is 5.86. The highest BCUT2D eigenvalue weighted by Gasteiger charge is 2.33. The summed E-state index contributed by atoms with van der Waals surface area (Å²) in [6, 6.07) is 16.9. The van der Waals surface area contributed by atoms with E-state index in [-0.39, 0.29) is 6.42 Å². The molecule has 1 unspecified atom stereocenters. The lowest BCUT2D eigenvalue weighted by molar-refractivity contribution is -0.153. The van der Waals surface area contributed by atoms with Gasteiger partial charge in [0.1, 0.15) is 0 Å². The second-order valence-corrected chi connectivity index (χ2v) is 8.19. The summed E-state index contributed by atoms with van der Waals surface area (Å²) in [5.74, 6) is -1.22. The van der Waals surface area contributed by atoms with Crippen LogP contribution in [0.3, 0.4) is 0 Å². The van der Waals surface area contributed by atoms with Crippen LogP contribution in [0.4, 0.5) is 0 Å². The van der Waals surface area contributed by atoms with Crippen molar-refractivity contribution in [2.45, 2.75) is 63.9 Å². The van der Waals surface area contributed by atoms with Gasteiger partial charge in [0.2, 0.25) is 0 Å². The second-order valence-electron chi connectivity index (χ2n) is 8.19. The van der Waals surface area contributed by atoms with Gasteiger partial charge in [0.05, 0.1) is 0 Å². The van der Waals surface area contributed by atoms with Crippen LogP contribution < -0.4 is 0 Å². The van der Waals surface area contributed by atoms with Gasteiger partial charge in [-0.15, -0.1) is 0 Å². The van der Waals surface area contributed by atoms with Gasteiger partial charge < -0.3 is 10.2 Å². The van der Waals surface area contributed by atoms with Crippen LogP contribution in [0.2, 0.25) is 0 Å². The van der Waals surface area contributed by atoms with Gasteiger partial charge in [-0.1, -0.05) is 99.7 Å². The van der Waals surface area contributed by atoms with E-state index in [0.717, 1.165) is 28.7 Å². The van der Waals surface area contributed by atoms with Crippen molar-refractivity contribution in [1.82, 2.24) is 0 Å². The fourth-order valence-corrected chi connectivity index (χ4v) is 3.93. The first-order chi connectivity index (χ1) is 14.5. The Morgan fingerprint density at radius 3 is 2.23 bits per heavy atom. The molecule has 0 aliphatic heterocycles. The highest BCUT2D eigenvalue weighted by Crippen LogP contribution is 2.33. The minimum Gasteiger partial charge on any atom is -0.479 e. The molecular formula is C27H32O3. The molecule has 2 N–H and O–H groups in total. The van der Waals surface area contributed by atoms with Crippen molar-refractivity contribution < 1.29 is 15.0 Å². The third-order valence-corrected chi connectivity index (χ3v) is 5.86. The molecule has 0 radical (unpaired) electrons. The van der Waals surface area contributed by atoms with Crippen molar-refractivity contribution in [3.05, 3.63) is 77.9 Å². The largest absolute Gasteiger partial charge is 0.479 e. The van der Waals surface area contributed by atoms with Crippen LogP contribution in [0.25, 0.3) is 16.7 Å². The molecule has 0 saturated heterocycles. The molecule has 3 heteroatoms. The summed E-state index contributed by atoms with van der Waals surface area (Å²) in [5, 5.41) is 19.3.